The standard InChI is InChI=1S/C14H15FO4/c15-9-4-5-10-12(19-8-18-10)11(9)14(13(16)17)6-2-1-3-7-14/h4-5H,1-3,6-8H2,(H,16,17). The molecule has 102 valence electrons. The maximum absolute atomic E-state index is 14.2. The Morgan fingerprint density at radius 1 is 1.21 bits per heavy atom. The highest BCUT2D eigenvalue weighted by Crippen LogP contribution is 2.49. The fourth-order valence-corrected chi connectivity index (χ4v) is 3.12. The minimum absolute atomic E-state index is 0.0154. The van der Waals surface area contributed by atoms with Crippen LogP contribution in [-0.4, -0.2) is 17.9 Å². The first kappa shape index (κ1) is 12.3. The van der Waals surface area contributed by atoms with Gasteiger partial charge >= 0.3 is 5.97 Å². The van der Waals surface area contributed by atoms with Crippen LogP contribution in [0.2, 0.25) is 0 Å². The molecule has 0 atom stereocenters. The molecule has 5 heteroatoms. The molecule has 1 saturated carbocycles. The zero-order valence-electron chi connectivity index (χ0n) is 10.4. The van der Waals surface area contributed by atoms with Gasteiger partial charge in [0.25, 0.3) is 0 Å². The zero-order valence-corrected chi connectivity index (χ0v) is 10.4. The number of hydrogen-bond acceptors (Lipinski definition) is 3. The first-order chi connectivity index (χ1) is 9.15. The largest absolute Gasteiger partial charge is 0.481 e. The van der Waals surface area contributed by atoms with Gasteiger partial charge in [-0.3, -0.25) is 4.79 Å². The van der Waals surface area contributed by atoms with E-state index in [0.717, 1.165) is 19.3 Å². The number of carbonyl (C=O) groups is 1. The van der Waals surface area contributed by atoms with Crippen molar-refractivity contribution in [1.82, 2.24) is 0 Å². The number of carboxylic acids is 1. The van der Waals surface area contributed by atoms with E-state index in [4.69, 9.17) is 9.47 Å². The van der Waals surface area contributed by atoms with Crippen molar-refractivity contribution in [2.75, 3.05) is 6.79 Å². The topological polar surface area (TPSA) is 55.8 Å². The smallest absolute Gasteiger partial charge is 0.314 e. The Morgan fingerprint density at radius 2 is 1.95 bits per heavy atom. The molecule has 1 fully saturated rings. The molecule has 0 saturated heterocycles. The van der Waals surface area contributed by atoms with Gasteiger partial charge in [-0.1, -0.05) is 19.3 Å². The van der Waals surface area contributed by atoms with Gasteiger partial charge < -0.3 is 14.6 Å². The highest BCUT2D eigenvalue weighted by molar-refractivity contribution is 5.83. The van der Waals surface area contributed by atoms with Crippen LogP contribution in [0.4, 0.5) is 4.39 Å². The van der Waals surface area contributed by atoms with Crippen LogP contribution in [-0.2, 0) is 10.2 Å². The number of halogens is 1. The van der Waals surface area contributed by atoms with Crippen LogP contribution in [0.3, 0.4) is 0 Å². The summed E-state index contributed by atoms with van der Waals surface area (Å²) in [6.45, 7) is 0.0154. The van der Waals surface area contributed by atoms with Gasteiger partial charge in [0.1, 0.15) is 5.82 Å². The summed E-state index contributed by atoms with van der Waals surface area (Å²) in [5.41, 5.74) is -1.02. The second-order valence-electron chi connectivity index (χ2n) is 5.10. The molecule has 1 aromatic rings. The number of hydrogen-bond donors (Lipinski definition) is 1. The summed E-state index contributed by atoms with van der Waals surface area (Å²) >= 11 is 0. The average Bonchev–Trinajstić information content (AvgIpc) is 2.87. The Morgan fingerprint density at radius 3 is 2.63 bits per heavy atom. The second kappa shape index (κ2) is 4.40. The van der Waals surface area contributed by atoms with Crippen molar-refractivity contribution in [2.45, 2.75) is 37.5 Å². The molecule has 1 N–H and O–H groups in total. The molecule has 0 radical (unpaired) electrons. The van der Waals surface area contributed by atoms with Gasteiger partial charge in [-0.2, -0.15) is 0 Å². The van der Waals surface area contributed by atoms with Gasteiger partial charge in [0.15, 0.2) is 11.5 Å². The van der Waals surface area contributed by atoms with Crippen molar-refractivity contribution in [1.29, 1.82) is 0 Å². The zero-order chi connectivity index (χ0) is 13.5. The Kier molecular flexibility index (Phi) is 2.84. The number of ether oxygens (including phenoxy) is 2. The summed E-state index contributed by atoms with van der Waals surface area (Å²) in [7, 11) is 0. The van der Waals surface area contributed by atoms with Crippen molar-refractivity contribution >= 4 is 5.97 Å². The summed E-state index contributed by atoms with van der Waals surface area (Å²) in [4.78, 5) is 11.8. The van der Waals surface area contributed by atoms with E-state index in [1.54, 1.807) is 0 Å². The lowest BCUT2D eigenvalue weighted by Gasteiger charge is -2.34. The lowest BCUT2D eigenvalue weighted by Crippen LogP contribution is -2.39. The number of rotatable bonds is 2. The van der Waals surface area contributed by atoms with Crippen LogP contribution in [0.5, 0.6) is 11.5 Å². The van der Waals surface area contributed by atoms with Crippen LogP contribution >= 0.6 is 0 Å². The van der Waals surface area contributed by atoms with E-state index in [2.05, 4.69) is 0 Å². The first-order valence-electron chi connectivity index (χ1n) is 6.47. The molecule has 19 heavy (non-hydrogen) atoms. The van der Waals surface area contributed by atoms with Crippen LogP contribution in [0.25, 0.3) is 0 Å². The molecule has 3 rings (SSSR count). The van der Waals surface area contributed by atoms with E-state index in [0.29, 0.717) is 18.6 Å². The molecular weight excluding hydrogens is 251 g/mol. The van der Waals surface area contributed by atoms with Crippen molar-refractivity contribution in [2.24, 2.45) is 0 Å². The predicted octanol–water partition coefficient (Wildman–Crippen LogP) is 2.84. The molecule has 0 amide bonds. The molecule has 0 unspecified atom stereocenters. The molecule has 1 aromatic carbocycles. The number of aliphatic carboxylic acids is 1. The van der Waals surface area contributed by atoms with E-state index in [1.807, 2.05) is 0 Å². The minimum Gasteiger partial charge on any atom is -0.481 e. The Hall–Kier alpha value is -1.78. The Balaban J connectivity index is 2.18. The molecule has 0 spiro atoms. The SMILES string of the molecule is O=C(O)C1(c2c(F)ccc3c2OCO3)CCCCC1. The van der Waals surface area contributed by atoms with Gasteiger partial charge in [-0.25, -0.2) is 4.39 Å². The van der Waals surface area contributed by atoms with Crippen molar-refractivity contribution in [3.63, 3.8) is 0 Å². The van der Waals surface area contributed by atoms with E-state index in [9.17, 15) is 14.3 Å². The molecule has 1 heterocycles. The molecular formula is C14H15FO4. The van der Waals surface area contributed by atoms with Crippen LogP contribution < -0.4 is 9.47 Å². The first-order valence-corrected chi connectivity index (χ1v) is 6.47. The third-order valence-corrected chi connectivity index (χ3v) is 4.08. The van der Waals surface area contributed by atoms with Gasteiger partial charge in [0, 0.05) is 0 Å². The highest BCUT2D eigenvalue weighted by Gasteiger charge is 2.46. The van der Waals surface area contributed by atoms with Crippen molar-refractivity contribution in [3.8, 4) is 11.5 Å². The summed E-state index contributed by atoms with van der Waals surface area (Å²) in [5, 5.41) is 9.63. The quantitative estimate of drug-likeness (QED) is 0.894. The number of carboxylic acid groups (broad SMARTS) is 1. The summed E-state index contributed by atoms with van der Waals surface area (Å²) in [6, 6.07) is 2.75. The predicted molar refractivity (Wildman–Crippen MR) is 64.9 cm³/mol. The number of fused-ring (bicyclic) bond motifs is 1. The lowest BCUT2D eigenvalue weighted by atomic mass is 9.69. The summed E-state index contributed by atoms with van der Waals surface area (Å²) in [6.07, 6.45) is 3.45. The van der Waals surface area contributed by atoms with E-state index in [-0.39, 0.29) is 18.1 Å². The Labute approximate surface area is 110 Å². The van der Waals surface area contributed by atoms with E-state index < -0.39 is 17.2 Å². The normalized spacial score (nSPS) is 20.3. The fraction of sp³-hybridized carbons (Fsp3) is 0.500. The number of benzene rings is 1. The molecule has 1 aliphatic heterocycles. The van der Waals surface area contributed by atoms with Crippen molar-refractivity contribution < 1.29 is 23.8 Å². The maximum Gasteiger partial charge on any atom is 0.314 e. The van der Waals surface area contributed by atoms with Gasteiger partial charge in [0.2, 0.25) is 6.79 Å². The van der Waals surface area contributed by atoms with E-state index in [1.165, 1.54) is 12.1 Å². The van der Waals surface area contributed by atoms with Crippen LogP contribution in [0.15, 0.2) is 12.1 Å². The third kappa shape index (κ3) is 1.76. The highest BCUT2D eigenvalue weighted by atomic mass is 19.1. The lowest BCUT2D eigenvalue weighted by molar-refractivity contribution is -0.145. The minimum atomic E-state index is -1.18. The third-order valence-electron chi connectivity index (χ3n) is 4.08. The Bertz CT molecular complexity index is 520. The molecule has 0 bridgehead atoms. The molecule has 2 aliphatic rings. The van der Waals surface area contributed by atoms with Gasteiger partial charge in [0.05, 0.1) is 11.0 Å². The average molecular weight is 266 g/mol. The summed E-state index contributed by atoms with van der Waals surface area (Å²) in [5.74, 6) is -0.796. The molecule has 1 aliphatic carbocycles. The van der Waals surface area contributed by atoms with Gasteiger partial charge in [-0.05, 0) is 25.0 Å². The fourth-order valence-electron chi connectivity index (χ4n) is 3.12. The summed E-state index contributed by atoms with van der Waals surface area (Å²) < 4.78 is 24.8. The van der Waals surface area contributed by atoms with Crippen LogP contribution in [0.1, 0.15) is 37.7 Å². The van der Waals surface area contributed by atoms with Crippen LogP contribution in [0, 0.1) is 5.82 Å². The van der Waals surface area contributed by atoms with Gasteiger partial charge in [-0.15, -0.1) is 0 Å². The molecule has 0 aromatic heterocycles. The van der Waals surface area contributed by atoms with Crippen molar-refractivity contribution in [3.05, 3.63) is 23.5 Å². The monoisotopic (exact) mass is 266 g/mol. The molecule has 4 nitrogen and oxygen atoms in total. The maximum atomic E-state index is 14.2. The second-order valence-corrected chi connectivity index (χ2v) is 5.10. The van der Waals surface area contributed by atoms with E-state index >= 15 is 0 Å².